The van der Waals surface area contributed by atoms with Gasteiger partial charge in [0, 0.05) is 5.56 Å². The van der Waals surface area contributed by atoms with Crippen LogP contribution in [0.3, 0.4) is 0 Å². The van der Waals surface area contributed by atoms with E-state index < -0.39 is 0 Å². The van der Waals surface area contributed by atoms with Crippen LogP contribution in [-0.2, 0) is 9.47 Å². The van der Waals surface area contributed by atoms with E-state index in [4.69, 9.17) is 18.9 Å². The maximum Gasteiger partial charge on any atom is 0.183 e. The largest absolute Gasteiger partial charge is 0.490 e. The fourth-order valence-electron chi connectivity index (χ4n) is 2.67. The van der Waals surface area contributed by atoms with Crippen molar-refractivity contribution in [2.24, 2.45) is 0 Å². The molecular weight excluding hydrogens is 304 g/mol. The molecule has 1 fully saturated rings. The van der Waals surface area contributed by atoms with Gasteiger partial charge in [0.2, 0.25) is 0 Å². The van der Waals surface area contributed by atoms with E-state index in [0.29, 0.717) is 13.2 Å². The van der Waals surface area contributed by atoms with Crippen molar-refractivity contribution in [3.05, 3.63) is 59.2 Å². The number of hydrogen-bond acceptors (Lipinski definition) is 4. The van der Waals surface area contributed by atoms with Crippen molar-refractivity contribution >= 4 is 0 Å². The van der Waals surface area contributed by atoms with Gasteiger partial charge in [-0.2, -0.15) is 0 Å². The first-order chi connectivity index (χ1) is 11.7. The Labute approximate surface area is 143 Å². The average molecular weight is 328 g/mol. The van der Waals surface area contributed by atoms with Crippen LogP contribution in [0, 0.1) is 13.8 Å². The molecule has 0 bridgehead atoms. The van der Waals surface area contributed by atoms with E-state index >= 15 is 0 Å². The highest BCUT2D eigenvalue weighted by Crippen LogP contribution is 2.24. The summed E-state index contributed by atoms with van der Waals surface area (Å²) < 4.78 is 22.7. The summed E-state index contributed by atoms with van der Waals surface area (Å²) in [4.78, 5) is 0. The molecule has 24 heavy (non-hydrogen) atoms. The van der Waals surface area contributed by atoms with Gasteiger partial charge in [-0.05, 0) is 44.0 Å². The molecule has 4 heteroatoms. The zero-order chi connectivity index (χ0) is 16.8. The van der Waals surface area contributed by atoms with Crippen molar-refractivity contribution in [3.63, 3.8) is 0 Å². The van der Waals surface area contributed by atoms with Crippen LogP contribution < -0.4 is 9.47 Å². The van der Waals surface area contributed by atoms with Gasteiger partial charge < -0.3 is 18.9 Å². The Kier molecular flexibility index (Phi) is 5.72. The van der Waals surface area contributed by atoms with Gasteiger partial charge in [0.15, 0.2) is 6.29 Å². The van der Waals surface area contributed by atoms with E-state index in [-0.39, 0.29) is 6.29 Å². The minimum Gasteiger partial charge on any atom is -0.490 e. The monoisotopic (exact) mass is 328 g/mol. The normalized spacial score (nSPS) is 15.2. The first kappa shape index (κ1) is 16.8. The Morgan fingerprint density at radius 2 is 1.62 bits per heavy atom. The summed E-state index contributed by atoms with van der Waals surface area (Å²) in [5.74, 6) is 1.73. The van der Waals surface area contributed by atoms with Crippen LogP contribution in [0.4, 0.5) is 0 Å². The maximum absolute atomic E-state index is 5.77. The molecular formula is C20H24O4. The molecule has 0 saturated carbocycles. The Balaban J connectivity index is 1.44. The number of rotatable bonds is 6. The molecule has 0 spiro atoms. The van der Waals surface area contributed by atoms with E-state index in [1.165, 1.54) is 5.56 Å². The molecule has 0 atom stereocenters. The fourth-order valence-corrected chi connectivity index (χ4v) is 2.67. The van der Waals surface area contributed by atoms with E-state index in [2.05, 4.69) is 26.0 Å². The summed E-state index contributed by atoms with van der Waals surface area (Å²) in [6.07, 6.45) is 0.707. The third-order valence-electron chi connectivity index (χ3n) is 3.92. The van der Waals surface area contributed by atoms with Gasteiger partial charge in [0.1, 0.15) is 24.7 Å². The maximum atomic E-state index is 5.77. The third kappa shape index (κ3) is 4.49. The Morgan fingerprint density at radius 1 is 0.917 bits per heavy atom. The van der Waals surface area contributed by atoms with Crippen LogP contribution in [-0.4, -0.2) is 26.4 Å². The second-order valence-corrected chi connectivity index (χ2v) is 5.96. The van der Waals surface area contributed by atoms with E-state index in [0.717, 1.165) is 42.3 Å². The van der Waals surface area contributed by atoms with Crippen molar-refractivity contribution in [2.75, 3.05) is 26.4 Å². The summed E-state index contributed by atoms with van der Waals surface area (Å²) >= 11 is 0. The zero-order valence-electron chi connectivity index (χ0n) is 14.3. The second kappa shape index (κ2) is 8.18. The van der Waals surface area contributed by atoms with E-state index in [1.54, 1.807) is 0 Å². The Morgan fingerprint density at radius 3 is 2.33 bits per heavy atom. The number of hydrogen-bond donors (Lipinski definition) is 0. The zero-order valence-corrected chi connectivity index (χ0v) is 14.3. The third-order valence-corrected chi connectivity index (χ3v) is 3.92. The molecule has 0 N–H and O–H groups in total. The summed E-state index contributed by atoms with van der Waals surface area (Å²) in [5.41, 5.74) is 3.41. The second-order valence-electron chi connectivity index (χ2n) is 5.96. The van der Waals surface area contributed by atoms with E-state index in [1.807, 2.05) is 30.3 Å². The first-order valence-corrected chi connectivity index (χ1v) is 8.38. The lowest BCUT2D eigenvalue weighted by atomic mass is 10.1. The number of ether oxygens (including phenoxy) is 4. The standard InChI is InChI=1S/C20H24O4/c1-15-4-9-19(16(2)14-15)22-13-12-21-18-7-5-17(6-8-18)20-23-10-3-11-24-20/h4-9,14,20H,3,10-13H2,1-2H3. The molecule has 0 unspecified atom stereocenters. The van der Waals surface area contributed by atoms with Crippen molar-refractivity contribution in [1.29, 1.82) is 0 Å². The van der Waals surface area contributed by atoms with Crippen LogP contribution in [0.2, 0.25) is 0 Å². The van der Waals surface area contributed by atoms with Crippen molar-refractivity contribution in [2.45, 2.75) is 26.6 Å². The highest BCUT2D eigenvalue weighted by Gasteiger charge is 2.16. The fraction of sp³-hybridized carbons (Fsp3) is 0.400. The Bertz CT molecular complexity index is 645. The lowest BCUT2D eigenvalue weighted by molar-refractivity contribution is -0.183. The SMILES string of the molecule is Cc1ccc(OCCOc2ccc(C3OCCCO3)cc2)c(C)c1. The molecule has 0 aliphatic carbocycles. The molecule has 3 rings (SSSR count). The van der Waals surface area contributed by atoms with Crippen molar-refractivity contribution in [1.82, 2.24) is 0 Å². The van der Waals surface area contributed by atoms with Gasteiger partial charge in [0.25, 0.3) is 0 Å². The summed E-state index contributed by atoms with van der Waals surface area (Å²) in [5, 5.41) is 0. The minimum atomic E-state index is -0.249. The lowest BCUT2D eigenvalue weighted by Crippen LogP contribution is -2.17. The lowest BCUT2D eigenvalue weighted by Gasteiger charge is -2.23. The predicted molar refractivity (Wildman–Crippen MR) is 92.6 cm³/mol. The molecule has 2 aromatic carbocycles. The molecule has 0 amide bonds. The average Bonchev–Trinajstić information content (AvgIpc) is 2.61. The van der Waals surface area contributed by atoms with Crippen LogP contribution in [0.5, 0.6) is 11.5 Å². The molecule has 4 nitrogen and oxygen atoms in total. The van der Waals surface area contributed by atoms with Crippen LogP contribution in [0.1, 0.15) is 29.4 Å². The number of benzene rings is 2. The summed E-state index contributed by atoms with van der Waals surface area (Å²) in [6, 6.07) is 14.0. The number of aryl methyl sites for hydroxylation is 2. The molecule has 0 radical (unpaired) electrons. The first-order valence-electron chi connectivity index (χ1n) is 8.38. The molecule has 1 heterocycles. The Hall–Kier alpha value is -2.04. The molecule has 1 aliphatic rings. The predicted octanol–water partition coefficient (Wildman–Crippen LogP) is 4.20. The van der Waals surface area contributed by atoms with Crippen LogP contribution in [0.25, 0.3) is 0 Å². The minimum absolute atomic E-state index is 0.249. The van der Waals surface area contributed by atoms with Gasteiger partial charge in [0.05, 0.1) is 13.2 Å². The van der Waals surface area contributed by atoms with Crippen molar-refractivity contribution < 1.29 is 18.9 Å². The molecule has 128 valence electrons. The van der Waals surface area contributed by atoms with Crippen LogP contribution >= 0.6 is 0 Å². The molecule has 1 saturated heterocycles. The van der Waals surface area contributed by atoms with Gasteiger partial charge in [-0.25, -0.2) is 0 Å². The molecule has 2 aromatic rings. The van der Waals surface area contributed by atoms with Gasteiger partial charge >= 0.3 is 0 Å². The summed E-state index contributed by atoms with van der Waals surface area (Å²) in [7, 11) is 0. The smallest absolute Gasteiger partial charge is 0.183 e. The van der Waals surface area contributed by atoms with Crippen LogP contribution in [0.15, 0.2) is 42.5 Å². The topological polar surface area (TPSA) is 36.9 Å². The quantitative estimate of drug-likeness (QED) is 0.745. The highest BCUT2D eigenvalue weighted by atomic mass is 16.7. The van der Waals surface area contributed by atoms with Crippen molar-refractivity contribution in [3.8, 4) is 11.5 Å². The van der Waals surface area contributed by atoms with Gasteiger partial charge in [-0.15, -0.1) is 0 Å². The molecule has 1 aliphatic heterocycles. The van der Waals surface area contributed by atoms with Gasteiger partial charge in [-0.1, -0.05) is 29.8 Å². The summed E-state index contributed by atoms with van der Waals surface area (Å²) in [6.45, 7) is 6.64. The highest BCUT2D eigenvalue weighted by molar-refractivity contribution is 5.35. The molecule has 0 aromatic heterocycles. The van der Waals surface area contributed by atoms with E-state index in [9.17, 15) is 0 Å². The van der Waals surface area contributed by atoms with Gasteiger partial charge in [-0.3, -0.25) is 0 Å².